The number of carbonyl (C=O) groups excluding carboxylic acids is 1. The number of nitrogens with zero attached hydrogens (tertiary/aromatic N) is 1. The summed E-state index contributed by atoms with van der Waals surface area (Å²) in [6.07, 6.45) is 2.55. The number of carbonyl (C=O) groups is 1. The predicted octanol–water partition coefficient (Wildman–Crippen LogP) is 3.58. The van der Waals surface area contributed by atoms with Crippen LogP contribution in [0.15, 0.2) is 54.7 Å². The van der Waals surface area contributed by atoms with E-state index in [1.54, 1.807) is 13.3 Å². The first-order chi connectivity index (χ1) is 12.2. The number of nitrogens with one attached hydrogen (secondary N) is 2. The molecule has 0 saturated heterocycles. The number of amides is 1. The van der Waals surface area contributed by atoms with E-state index in [1.165, 1.54) is 5.56 Å². The summed E-state index contributed by atoms with van der Waals surface area (Å²) in [5, 5.41) is 9.87. The SMILES string of the molecule is CCc1ccc(CNC(=O)c2cn[nH]c2-c2cccc(OC)c2)cc1. The summed E-state index contributed by atoms with van der Waals surface area (Å²) in [5.41, 5.74) is 4.40. The van der Waals surface area contributed by atoms with Crippen molar-refractivity contribution in [1.29, 1.82) is 0 Å². The summed E-state index contributed by atoms with van der Waals surface area (Å²) in [6.45, 7) is 2.60. The van der Waals surface area contributed by atoms with Gasteiger partial charge < -0.3 is 10.1 Å². The minimum Gasteiger partial charge on any atom is -0.497 e. The minimum atomic E-state index is -0.161. The van der Waals surface area contributed by atoms with Crippen molar-refractivity contribution >= 4 is 5.91 Å². The fraction of sp³-hybridized carbons (Fsp3) is 0.200. The Morgan fingerprint density at radius 1 is 1.16 bits per heavy atom. The van der Waals surface area contributed by atoms with Gasteiger partial charge in [-0.05, 0) is 29.7 Å². The highest BCUT2D eigenvalue weighted by atomic mass is 16.5. The zero-order chi connectivity index (χ0) is 17.6. The van der Waals surface area contributed by atoms with Crippen LogP contribution in [0.3, 0.4) is 0 Å². The van der Waals surface area contributed by atoms with Crippen LogP contribution in [-0.2, 0) is 13.0 Å². The predicted molar refractivity (Wildman–Crippen MR) is 97.6 cm³/mol. The van der Waals surface area contributed by atoms with E-state index in [1.807, 2.05) is 36.4 Å². The van der Waals surface area contributed by atoms with E-state index in [4.69, 9.17) is 4.74 Å². The second-order valence-electron chi connectivity index (χ2n) is 5.74. The Labute approximate surface area is 147 Å². The fourth-order valence-corrected chi connectivity index (χ4v) is 2.63. The van der Waals surface area contributed by atoms with E-state index in [9.17, 15) is 4.79 Å². The van der Waals surface area contributed by atoms with Gasteiger partial charge in [0.1, 0.15) is 5.75 Å². The number of hydrogen-bond acceptors (Lipinski definition) is 3. The van der Waals surface area contributed by atoms with Crippen molar-refractivity contribution in [3.63, 3.8) is 0 Å². The highest BCUT2D eigenvalue weighted by Gasteiger charge is 2.15. The van der Waals surface area contributed by atoms with Crippen molar-refractivity contribution in [2.45, 2.75) is 19.9 Å². The van der Waals surface area contributed by atoms with Crippen molar-refractivity contribution < 1.29 is 9.53 Å². The molecule has 0 bridgehead atoms. The third kappa shape index (κ3) is 3.88. The molecule has 0 unspecified atom stereocenters. The standard InChI is InChI=1S/C20H21N3O2/c1-3-14-7-9-15(10-8-14)12-21-20(24)18-13-22-23-19(18)16-5-4-6-17(11-16)25-2/h4-11,13H,3,12H2,1-2H3,(H,21,24)(H,22,23). The molecule has 0 atom stereocenters. The van der Waals surface area contributed by atoms with Gasteiger partial charge in [0.05, 0.1) is 24.6 Å². The first-order valence-electron chi connectivity index (χ1n) is 8.25. The average molecular weight is 335 g/mol. The van der Waals surface area contributed by atoms with Crippen LogP contribution in [0.1, 0.15) is 28.4 Å². The second-order valence-corrected chi connectivity index (χ2v) is 5.74. The molecule has 1 amide bonds. The maximum Gasteiger partial charge on any atom is 0.255 e. The molecule has 5 heteroatoms. The molecule has 1 heterocycles. The van der Waals surface area contributed by atoms with Crippen molar-refractivity contribution in [1.82, 2.24) is 15.5 Å². The zero-order valence-electron chi connectivity index (χ0n) is 14.4. The molecule has 0 aliphatic rings. The van der Waals surface area contributed by atoms with Crippen LogP contribution in [0.2, 0.25) is 0 Å². The molecule has 25 heavy (non-hydrogen) atoms. The molecule has 0 aliphatic heterocycles. The first kappa shape index (κ1) is 16.8. The Balaban J connectivity index is 1.73. The van der Waals surface area contributed by atoms with Crippen LogP contribution in [0.5, 0.6) is 5.75 Å². The lowest BCUT2D eigenvalue weighted by molar-refractivity contribution is 0.0951. The van der Waals surface area contributed by atoms with E-state index >= 15 is 0 Å². The van der Waals surface area contributed by atoms with Gasteiger partial charge in [0.25, 0.3) is 5.91 Å². The molecule has 2 N–H and O–H groups in total. The van der Waals surface area contributed by atoms with Gasteiger partial charge in [-0.1, -0.05) is 43.3 Å². The van der Waals surface area contributed by atoms with E-state index in [0.717, 1.165) is 23.3 Å². The van der Waals surface area contributed by atoms with Crippen LogP contribution in [0, 0.1) is 0 Å². The van der Waals surface area contributed by atoms with Crippen molar-refractivity contribution in [3.05, 3.63) is 71.4 Å². The Kier molecular flexibility index (Phi) is 5.14. The highest BCUT2D eigenvalue weighted by Crippen LogP contribution is 2.25. The molecule has 3 rings (SSSR count). The van der Waals surface area contributed by atoms with Crippen molar-refractivity contribution in [2.75, 3.05) is 7.11 Å². The van der Waals surface area contributed by atoms with E-state index < -0.39 is 0 Å². The lowest BCUT2D eigenvalue weighted by atomic mass is 10.1. The number of H-pyrrole nitrogens is 1. The number of aromatic nitrogens is 2. The van der Waals surface area contributed by atoms with Crippen LogP contribution in [0.4, 0.5) is 0 Å². The van der Waals surface area contributed by atoms with Crippen molar-refractivity contribution in [2.24, 2.45) is 0 Å². The number of benzene rings is 2. The molecular weight excluding hydrogens is 314 g/mol. The lowest BCUT2D eigenvalue weighted by Crippen LogP contribution is -2.23. The quantitative estimate of drug-likeness (QED) is 0.723. The van der Waals surface area contributed by atoms with Gasteiger partial charge in [0, 0.05) is 12.1 Å². The van der Waals surface area contributed by atoms with Crippen LogP contribution >= 0.6 is 0 Å². The molecule has 3 aromatic rings. The third-order valence-corrected chi connectivity index (χ3v) is 4.13. The smallest absolute Gasteiger partial charge is 0.255 e. The van der Waals surface area contributed by atoms with Gasteiger partial charge in [-0.3, -0.25) is 9.89 Å². The Hall–Kier alpha value is -3.08. The summed E-state index contributed by atoms with van der Waals surface area (Å²) < 4.78 is 5.24. The molecule has 0 aliphatic carbocycles. The summed E-state index contributed by atoms with van der Waals surface area (Å²) in [4.78, 5) is 12.5. The Morgan fingerprint density at radius 3 is 2.64 bits per heavy atom. The highest BCUT2D eigenvalue weighted by molar-refractivity contribution is 5.99. The van der Waals surface area contributed by atoms with Gasteiger partial charge in [-0.15, -0.1) is 0 Å². The number of ether oxygens (including phenoxy) is 1. The molecule has 0 fully saturated rings. The lowest BCUT2D eigenvalue weighted by Gasteiger charge is -2.08. The third-order valence-electron chi connectivity index (χ3n) is 4.13. The van der Waals surface area contributed by atoms with Crippen molar-refractivity contribution in [3.8, 4) is 17.0 Å². The Morgan fingerprint density at radius 2 is 1.92 bits per heavy atom. The summed E-state index contributed by atoms with van der Waals surface area (Å²) in [6, 6.07) is 15.8. The molecule has 1 aromatic heterocycles. The first-order valence-corrected chi connectivity index (χ1v) is 8.25. The average Bonchev–Trinajstić information content (AvgIpc) is 3.16. The normalized spacial score (nSPS) is 10.5. The molecule has 0 spiro atoms. The number of aromatic amines is 1. The number of hydrogen-bond donors (Lipinski definition) is 2. The molecule has 5 nitrogen and oxygen atoms in total. The van der Waals surface area contributed by atoms with E-state index in [0.29, 0.717) is 17.8 Å². The van der Waals surface area contributed by atoms with Gasteiger partial charge in [0.2, 0.25) is 0 Å². The van der Waals surface area contributed by atoms with Gasteiger partial charge in [-0.2, -0.15) is 5.10 Å². The van der Waals surface area contributed by atoms with Crippen LogP contribution in [0.25, 0.3) is 11.3 Å². The fourth-order valence-electron chi connectivity index (χ4n) is 2.63. The molecule has 2 aromatic carbocycles. The van der Waals surface area contributed by atoms with Gasteiger partial charge >= 0.3 is 0 Å². The number of aryl methyl sites for hydroxylation is 1. The maximum absolute atomic E-state index is 12.5. The summed E-state index contributed by atoms with van der Waals surface area (Å²) in [7, 11) is 1.61. The maximum atomic E-state index is 12.5. The summed E-state index contributed by atoms with van der Waals surface area (Å²) in [5.74, 6) is 0.570. The molecular formula is C20H21N3O2. The Bertz CT molecular complexity index is 853. The molecule has 0 radical (unpaired) electrons. The van der Waals surface area contributed by atoms with Crippen LogP contribution < -0.4 is 10.1 Å². The summed E-state index contributed by atoms with van der Waals surface area (Å²) >= 11 is 0. The van der Waals surface area contributed by atoms with Gasteiger partial charge in [0.15, 0.2) is 0 Å². The number of methoxy groups -OCH3 is 1. The largest absolute Gasteiger partial charge is 0.497 e. The van der Waals surface area contributed by atoms with E-state index in [-0.39, 0.29) is 5.91 Å². The monoisotopic (exact) mass is 335 g/mol. The topological polar surface area (TPSA) is 67.0 Å². The van der Waals surface area contributed by atoms with Gasteiger partial charge in [-0.25, -0.2) is 0 Å². The molecule has 0 saturated carbocycles. The zero-order valence-corrected chi connectivity index (χ0v) is 14.4. The minimum absolute atomic E-state index is 0.161. The number of rotatable bonds is 6. The molecule has 128 valence electrons. The van der Waals surface area contributed by atoms with E-state index in [2.05, 4.69) is 34.6 Å². The van der Waals surface area contributed by atoms with Crippen LogP contribution in [-0.4, -0.2) is 23.2 Å². The second kappa shape index (κ2) is 7.66.